The van der Waals surface area contributed by atoms with Crippen LogP contribution >= 0.6 is 12.4 Å². The molecule has 0 unspecified atom stereocenters. The Morgan fingerprint density at radius 3 is 2.47 bits per heavy atom. The van der Waals surface area contributed by atoms with Crippen LogP contribution in [0.15, 0.2) is 18.2 Å². The van der Waals surface area contributed by atoms with Crippen molar-refractivity contribution in [1.29, 1.82) is 0 Å². The van der Waals surface area contributed by atoms with Gasteiger partial charge in [-0.2, -0.15) is 0 Å². The van der Waals surface area contributed by atoms with Gasteiger partial charge in [0.2, 0.25) is 0 Å². The number of benzene rings is 1. The fourth-order valence-corrected chi connectivity index (χ4v) is 1.44. The van der Waals surface area contributed by atoms with Crippen molar-refractivity contribution in [2.45, 2.75) is 18.9 Å². The van der Waals surface area contributed by atoms with Gasteiger partial charge in [0.15, 0.2) is 0 Å². The average molecular weight is 268 g/mol. The van der Waals surface area contributed by atoms with E-state index in [0.717, 1.165) is 5.56 Å². The predicted molar refractivity (Wildman–Crippen MR) is 63.9 cm³/mol. The number of rotatable bonds is 4. The van der Waals surface area contributed by atoms with Gasteiger partial charge in [-0.1, -0.05) is 12.1 Å². The van der Waals surface area contributed by atoms with Crippen molar-refractivity contribution >= 4 is 12.4 Å². The second-order valence-electron chi connectivity index (χ2n) is 3.63. The van der Waals surface area contributed by atoms with Crippen molar-refractivity contribution in [2.24, 2.45) is 5.73 Å². The molecule has 3 N–H and O–H groups in total. The van der Waals surface area contributed by atoms with Crippen molar-refractivity contribution < 1.29 is 18.6 Å². The van der Waals surface area contributed by atoms with Gasteiger partial charge in [-0.05, 0) is 24.1 Å². The van der Waals surface area contributed by atoms with Crippen molar-refractivity contribution in [3.8, 4) is 5.75 Å². The van der Waals surface area contributed by atoms with Crippen LogP contribution in [0.2, 0.25) is 0 Å². The summed E-state index contributed by atoms with van der Waals surface area (Å²) in [6.45, 7) is 0.478. The summed E-state index contributed by atoms with van der Waals surface area (Å²) in [4.78, 5) is 0. The molecule has 6 heteroatoms. The smallest absolute Gasteiger partial charge is 0.289 e. The number of halogens is 3. The zero-order valence-corrected chi connectivity index (χ0v) is 10.4. The van der Waals surface area contributed by atoms with E-state index < -0.39 is 18.6 Å². The SMILES string of the molecule is COc1ccc([C@H](N)C(F)(F)CO)cc1C.Cl. The third kappa shape index (κ3) is 3.52. The molecule has 98 valence electrons. The van der Waals surface area contributed by atoms with Crippen LogP contribution in [0.4, 0.5) is 8.78 Å². The molecular weight excluding hydrogens is 252 g/mol. The van der Waals surface area contributed by atoms with Crippen molar-refractivity contribution in [3.63, 3.8) is 0 Å². The van der Waals surface area contributed by atoms with Gasteiger partial charge in [-0.15, -0.1) is 12.4 Å². The summed E-state index contributed by atoms with van der Waals surface area (Å²) in [5, 5.41) is 8.54. The maximum absolute atomic E-state index is 13.1. The highest BCUT2D eigenvalue weighted by molar-refractivity contribution is 5.85. The highest BCUT2D eigenvalue weighted by atomic mass is 35.5. The quantitative estimate of drug-likeness (QED) is 0.878. The summed E-state index contributed by atoms with van der Waals surface area (Å²) in [7, 11) is 1.50. The average Bonchev–Trinajstić information content (AvgIpc) is 2.27. The minimum atomic E-state index is -3.32. The molecule has 17 heavy (non-hydrogen) atoms. The molecule has 0 fully saturated rings. The molecule has 0 aliphatic carbocycles. The monoisotopic (exact) mass is 267 g/mol. The summed E-state index contributed by atoms with van der Waals surface area (Å²) in [6.07, 6.45) is 0. The number of ether oxygens (including phenoxy) is 1. The maximum Gasteiger partial charge on any atom is 0.289 e. The summed E-state index contributed by atoms with van der Waals surface area (Å²) in [5.74, 6) is -2.70. The molecule has 0 spiro atoms. The molecule has 3 nitrogen and oxygen atoms in total. The van der Waals surface area contributed by atoms with Crippen LogP contribution in [0, 0.1) is 6.92 Å². The molecule has 0 heterocycles. The molecule has 0 aliphatic heterocycles. The van der Waals surface area contributed by atoms with Gasteiger partial charge < -0.3 is 15.6 Å². The second kappa shape index (κ2) is 6.14. The first-order valence-electron chi connectivity index (χ1n) is 4.81. The Kier molecular flexibility index (Phi) is 5.81. The van der Waals surface area contributed by atoms with Crippen LogP contribution in [-0.2, 0) is 0 Å². The third-order valence-corrected chi connectivity index (χ3v) is 2.44. The molecule has 0 aromatic heterocycles. The lowest BCUT2D eigenvalue weighted by Gasteiger charge is -2.22. The van der Waals surface area contributed by atoms with Crippen molar-refractivity contribution in [1.82, 2.24) is 0 Å². The fraction of sp³-hybridized carbons (Fsp3) is 0.455. The van der Waals surface area contributed by atoms with E-state index in [9.17, 15) is 8.78 Å². The summed E-state index contributed by atoms with van der Waals surface area (Å²) < 4.78 is 31.3. The number of hydrogen-bond donors (Lipinski definition) is 2. The Bertz CT molecular complexity index is 374. The molecule has 0 saturated heterocycles. The largest absolute Gasteiger partial charge is 0.496 e. The van der Waals surface area contributed by atoms with Crippen molar-refractivity contribution in [3.05, 3.63) is 29.3 Å². The molecular formula is C11H16ClF2NO2. The molecule has 0 saturated carbocycles. The number of nitrogens with two attached hydrogens (primary N) is 1. The number of aliphatic hydroxyl groups is 1. The van der Waals surface area contributed by atoms with E-state index in [0.29, 0.717) is 5.75 Å². The molecule has 0 bridgehead atoms. The lowest BCUT2D eigenvalue weighted by molar-refractivity contribution is -0.0711. The first-order chi connectivity index (χ1) is 7.42. The van der Waals surface area contributed by atoms with E-state index in [2.05, 4.69) is 0 Å². The van der Waals surface area contributed by atoms with Gasteiger partial charge >= 0.3 is 0 Å². The summed E-state index contributed by atoms with van der Waals surface area (Å²) >= 11 is 0. The van der Waals surface area contributed by atoms with Crippen LogP contribution in [0.3, 0.4) is 0 Å². The number of methoxy groups -OCH3 is 1. The number of hydrogen-bond acceptors (Lipinski definition) is 3. The fourth-order valence-electron chi connectivity index (χ4n) is 1.44. The topological polar surface area (TPSA) is 55.5 Å². The molecule has 1 aromatic carbocycles. The minimum Gasteiger partial charge on any atom is -0.496 e. The van der Waals surface area contributed by atoms with Gasteiger partial charge in [0.05, 0.1) is 13.2 Å². The molecule has 1 atom stereocenters. The zero-order valence-electron chi connectivity index (χ0n) is 9.61. The van der Waals surface area contributed by atoms with Crippen LogP contribution in [-0.4, -0.2) is 24.7 Å². The highest BCUT2D eigenvalue weighted by Gasteiger charge is 2.37. The Morgan fingerprint density at radius 2 is 2.06 bits per heavy atom. The molecule has 0 amide bonds. The Balaban J connectivity index is 0.00000256. The van der Waals surface area contributed by atoms with E-state index in [1.807, 2.05) is 0 Å². The van der Waals surface area contributed by atoms with E-state index in [4.69, 9.17) is 15.6 Å². The van der Waals surface area contributed by atoms with E-state index >= 15 is 0 Å². The summed E-state index contributed by atoms with van der Waals surface area (Å²) in [6, 6.07) is 3.08. The highest BCUT2D eigenvalue weighted by Crippen LogP contribution is 2.31. The predicted octanol–water partition coefficient (Wildman–Crippen LogP) is 2.05. The Hall–Kier alpha value is -0.910. The first-order valence-corrected chi connectivity index (χ1v) is 4.81. The van der Waals surface area contributed by atoms with Gasteiger partial charge in [0, 0.05) is 0 Å². The maximum atomic E-state index is 13.1. The number of aryl methyl sites for hydroxylation is 1. The lowest BCUT2D eigenvalue weighted by atomic mass is 10.00. The molecule has 0 aliphatic rings. The van der Waals surface area contributed by atoms with Gasteiger partial charge in [0.1, 0.15) is 12.4 Å². The van der Waals surface area contributed by atoms with Gasteiger partial charge in [0.25, 0.3) is 5.92 Å². The van der Waals surface area contributed by atoms with E-state index in [1.54, 1.807) is 13.0 Å². The standard InChI is InChI=1S/C11H15F2NO2.ClH/c1-7-5-8(3-4-9(7)16-2)10(14)11(12,13)6-15;/h3-5,10,15H,6,14H2,1-2H3;1H/t10-;/m0./s1. The Labute approximate surface area is 105 Å². The Morgan fingerprint density at radius 1 is 1.47 bits per heavy atom. The van der Waals surface area contributed by atoms with Crippen LogP contribution in [0.1, 0.15) is 17.2 Å². The zero-order chi connectivity index (χ0) is 12.3. The second-order valence-corrected chi connectivity index (χ2v) is 3.63. The number of aliphatic hydroxyl groups excluding tert-OH is 1. The third-order valence-electron chi connectivity index (χ3n) is 2.44. The molecule has 0 radical (unpaired) electrons. The van der Waals surface area contributed by atoms with Crippen LogP contribution in [0.5, 0.6) is 5.75 Å². The minimum absolute atomic E-state index is 0. The molecule has 1 aromatic rings. The van der Waals surface area contributed by atoms with E-state index in [1.165, 1.54) is 19.2 Å². The van der Waals surface area contributed by atoms with Crippen LogP contribution in [0.25, 0.3) is 0 Å². The van der Waals surface area contributed by atoms with Crippen molar-refractivity contribution in [2.75, 3.05) is 13.7 Å². The van der Waals surface area contributed by atoms with E-state index in [-0.39, 0.29) is 18.0 Å². The molecule has 1 rings (SSSR count). The van der Waals surface area contributed by atoms with Crippen LogP contribution < -0.4 is 10.5 Å². The first kappa shape index (κ1) is 16.1. The van der Waals surface area contributed by atoms with Gasteiger partial charge in [-0.25, -0.2) is 8.78 Å². The normalized spacial score (nSPS) is 12.8. The summed E-state index contributed by atoms with van der Waals surface area (Å²) in [5.41, 5.74) is 6.39. The van der Waals surface area contributed by atoms with Gasteiger partial charge in [-0.3, -0.25) is 0 Å². The lowest BCUT2D eigenvalue weighted by Crippen LogP contribution is -2.36. The number of alkyl halides is 2.